The maximum Gasteiger partial charge on any atom is 0.290 e. The summed E-state index contributed by atoms with van der Waals surface area (Å²) in [5.41, 5.74) is 0.882. The summed E-state index contributed by atoms with van der Waals surface area (Å²) in [4.78, 5) is 15.8. The van der Waals surface area contributed by atoms with Gasteiger partial charge in [0.05, 0.1) is 5.69 Å². The van der Waals surface area contributed by atoms with Crippen LogP contribution in [0.4, 0.5) is 0 Å². The molecule has 5 nitrogen and oxygen atoms in total. The van der Waals surface area contributed by atoms with Crippen molar-refractivity contribution in [3.8, 4) is 5.69 Å². The van der Waals surface area contributed by atoms with E-state index in [2.05, 4.69) is 15.4 Å². The van der Waals surface area contributed by atoms with Gasteiger partial charge in [0, 0.05) is 6.54 Å². The van der Waals surface area contributed by atoms with Crippen LogP contribution < -0.4 is 5.32 Å². The Morgan fingerprint density at radius 1 is 1.33 bits per heavy atom. The van der Waals surface area contributed by atoms with Crippen molar-refractivity contribution in [3.63, 3.8) is 0 Å². The van der Waals surface area contributed by atoms with Gasteiger partial charge in [-0.2, -0.15) is 0 Å². The molecule has 0 saturated carbocycles. The summed E-state index contributed by atoms with van der Waals surface area (Å²) in [7, 11) is 0. The second-order valence-electron chi connectivity index (χ2n) is 4.45. The Labute approximate surface area is 106 Å². The highest BCUT2D eigenvalue weighted by Crippen LogP contribution is 2.04. The van der Waals surface area contributed by atoms with Crippen molar-refractivity contribution in [1.82, 2.24) is 20.1 Å². The molecule has 0 aliphatic rings. The molecule has 1 N–H and O–H groups in total. The molecule has 1 heterocycles. The summed E-state index contributed by atoms with van der Waals surface area (Å²) in [5.74, 6) is 0.364. The Morgan fingerprint density at radius 3 is 2.72 bits per heavy atom. The van der Waals surface area contributed by atoms with Gasteiger partial charge in [-0.05, 0) is 18.1 Å². The lowest BCUT2D eigenvalue weighted by molar-refractivity contribution is 0.0938. The van der Waals surface area contributed by atoms with Crippen molar-refractivity contribution in [2.45, 2.75) is 13.8 Å². The summed E-state index contributed by atoms with van der Waals surface area (Å²) in [6.07, 6.45) is 1.54. The van der Waals surface area contributed by atoms with E-state index in [1.54, 1.807) is 11.0 Å². The fourth-order valence-corrected chi connectivity index (χ4v) is 1.45. The summed E-state index contributed by atoms with van der Waals surface area (Å²) in [6.45, 7) is 4.70. The first-order valence-corrected chi connectivity index (χ1v) is 5.92. The van der Waals surface area contributed by atoms with Crippen molar-refractivity contribution < 1.29 is 4.79 Å². The Hall–Kier alpha value is -2.17. The van der Waals surface area contributed by atoms with Crippen LogP contribution >= 0.6 is 0 Å². The lowest BCUT2D eigenvalue weighted by Crippen LogP contribution is -2.28. The van der Waals surface area contributed by atoms with Crippen LogP contribution in [0.5, 0.6) is 0 Å². The number of hydrogen-bond acceptors (Lipinski definition) is 3. The normalized spacial score (nSPS) is 10.6. The first kappa shape index (κ1) is 12.3. The molecular weight excluding hydrogens is 228 g/mol. The molecule has 94 valence electrons. The number of carbonyl (C=O) groups is 1. The minimum absolute atomic E-state index is 0.194. The molecule has 0 atom stereocenters. The van der Waals surface area contributed by atoms with Gasteiger partial charge in [-0.1, -0.05) is 32.0 Å². The molecule has 0 bridgehead atoms. The zero-order chi connectivity index (χ0) is 13.0. The second kappa shape index (κ2) is 5.44. The van der Waals surface area contributed by atoms with Crippen molar-refractivity contribution >= 4 is 5.91 Å². The third-order valence-electron chi connectivity index (χ3n) is 2.39. The monoisotopic (exact) mass is 244 g/mol. The van der Waals surface area contributed by atoms with E-state index in [4.69, 9.17) is 0 Å². The number of carbonyl (C=O) groups excluding carboxylic acids is 1. The average Bonchev–Trinajstić information content (AvgIpc) is 2.86. The van der Waals surface area contributed by atoms with E-state index in [0.29, 0.717) is 12.5 Å². The minimum atomic E-state index is -0.238. The highest BCUT2D eigenvalue weighted by Gasteiger charge is 2.11. The summed E-state index contributed by atoms with van der Waals surface area (Å²) in [5, 5.41) is 6.94. The zero-order valence-corrected chi connectivity index (χ0v) is 10.5. The van der Waals surface area contributed by atoms with Gasteiger partial charge in [-0.3, -0.25) is 4.79 Å². The SMILES string of the molecule is CC(C)CNC(=O)c1ncn(-c2ccccc2)n1. The van der Waals surface area contributed by atoms with Gasteiger partial charge in [0.2, 0.25) is 5.82 Å². The number of benzene rings is 1. The van der Waals surface area contributed by atoms with E-state index in [-0.39, 0.29) is 11.7 Å². The molecule has 0 fully saturated rings. The fourth-order valence-electron chi connectivity index (χ4n) is 1.45. The molecule has 2 rings (SSSR count). The lowest BCUT2D eigenvalue weighted by atomic mass is 10.2. The highest BCUT2D eigenvalue weighted by atomic mass is 16.2. The number of nitrogens with zero attached hydrogens (tertiary/aromatic N) is 3. The molecule has 18 heavy (non-hydrogen) atoms. The van der Waals surface area contributed by atoms with Crippen LogP contribution in [0.1, 0.15) is 24.5 Å². The molecule has 1 aromatic heterocycles. The number of rotatable bonds is 4. The summed E-state index contributed by atoms with van der Waals surface area (Å²) >= 11 is 0. The molecule has 0 unspecified atom stereocenters. The molecule has 0 saturated heterocycles. The topological polar surface area (TPSA) is 59.8 Å². The van der Waals surface area contributed by atoms with Crippen molar-refractivity contribution in [3.05, 3.63) is 42.5 Å². The molecule has 0 radical (unpaired) electrons. The number of nitrogens with one attached hydrogen (secondary N) is 1. The average molecular weight is 244 g/mol. The van der Waals surface area contributed by atoms with Gasteiger partial charge in [-0.15, -0.1) is 5.10 Å². The summed E-state index contributed by atoms with van der Waals surface area (Å²) < 4.78 is 1.59. The predicted molar refractivity (Wildman–Crippen MR) is 68.5 cm³/mol. The zero-order valence-electron chi connectivity index (χ0n) is 10.5. The lowest BCUT2D eigenvalue weighted by Gasteiger charge is -2.04. The van der Waals surface area contributed by atoms with E-state index < -0.39 is 0 Å². The Bertz CT molecular complexity index is 519. The number of aromatic nitrogens is 3. The van der Waals surface area contributed by atoms with E-state index in [9.17, 15) is 4.79 Å². The van der Waals surface area contributed by atoms with Gasteiger partial charge in [0.25, 0.3) is 5.91 Å². The van der Waals surface area contributed by atoms with Crippen molar-refractivity contribution in [1.29, 1.82) is 0 Å². The van der Waals surface area contributed by atoms with E-state index in [1.807, 2.05) is 44.2 Å². The van der Waals surface area contributed by atoms with E-state index in [1.165, 1.54) is 0 Å². The van der Waals surface area contributed by atoms with Gasteiger partial charge in [-0.25, -0.2) is 9.67 Å². The van der Waals surface area contributed by atoms with Crippen LogP contribution in [0.2, 0.25) is 0 Å². The Balaban J connectivity index is 2.09. The molecule has 1 aromatic carbocycles. The third-order valence-corrected chi connectivity index (χ3v) is 2.39. The number of hydrogen-bond donors (Lipinski definition) is 1. The predicted octanol–water partition coefficient (Wildman–Crippen LogP) is 1.65. The minimum Gasteiger partial charge on any atom is -0.349 e. The van der Waals surface area contributed by atoms with E-state index in [0.717, 1.165) is 5.69 Å². The van der Waals surface area contributed by atoms with Crippen LogP contribution in [0, 0.1) is 5.92 Å². The second-order valence-corrected chi connectivity index (χ2v) is 4.45. The van der Waals surface area contributed by atoms with Gasteiger partial charge in [0.15, 0.2) is 0 Å². The summed E-state index contributed by atoms with van der Waals surface area (Å²) in [6, 6.07) is 9.57. The number of para-hydroxylation sites is 1. The van der Waals surface area contributed by atoms with Gasteiger partial charge in [0.1, 0.15) is 6.33 Å². The molecule has 0 spiro atoms. The van der Waals surface area contributed by atoms with Crippen LogP contribution in [-0.2, 0) is 0 Å². The van der Waals surface area contributed by atoms with Crippen molar-refractivity contribution in [2.24, 2.45) is 5.92 Å². The van der Waals surface area contributed by atoms with Crippen LogP contribution in [-0.4, -0.2) is 27.2 Å². The molecule has 1 amide bonds. The molecular formula is C13H16N4O. The Kier molecular flexibility index (Phi) is 3.72. The fraction of sp³-hybridized carbons (Fsp3) is 0.308. The molecule has 5 heteroatoms. The number of amides is 1. The van der Waals surface area contributed by atoms with Gasteiger partial charge >= 0.3 is 0 Å². The Morgan fingerprint density at radius 2 is 2.06 bits per heavy atom. The first-order valence-electron chi connectivity index (χ1n) is 5.92. The van der Waals surface area contributed by atoms with Crippen LogP contribution in [0.15, 0.2) is 36.7 Å². The smallest absolute Gasteiger partial charge is 0.290 e. The quantitative estimate of drug-likeness (QED) is 0.889. The van der Waals surface area contributed by atoms with Crippen LogP contribution in [0.3, 0.4) is 0 Å². The standard InChI is InChI=1S/C13H16N4O/c1-10(2)8-14-13(18)12-15-9-17(16-12)11-6-4-3-5-7-11/h3-7,9-10H,8H2,1-2H3,(H,14,18). The molecule has 2 aromatic rings. The first-order chi connectivity index (χ1) is 8.66. The van der Waals surface area contributed by atoms with Crippen molar-refractivity contribution in [2.75, 3.05) is 6.54 Å². The third kappa shape index (κ3) is 2.94. The van der Waals surface area contributed by atoms with Crippen LogP contribution in [0.25, 0.3) is 5.69 Å². The van der Waals surface area contributed by atoms with Gasteiger partial charge < -0.3 is 5.32 Å². The van der Waals surface area contributed by atoms with E-state index >= 15 is 0 Å². The maximum absolute atomic E-state index is 11.7. The largest absolute Gasteiger partial charge is 0.349 e. The molecule has 0 aliphatic carbocycles. The molecule has 0 aliphatic heterocycles. The maximum atomic E-state index is 11.7. The highest BCUT2D eigenvalue weighted by molar-refractivity contribution is 5.90.